The maximum atomic E-state index is 13.5. The third kappa shape index (κ3) is 7.36. The van der Waals surface area contributed by atoms with E-state index in [1.165, 1.54) is 67.2 Å². The fourth-order valence-corrected chi connectivity index (χ4v) is 9.84. The van der Waals surface area contributed by atoms with Crippen LogP contribution in [0.1, 0.15) is 86.8 Å². The van der Waals surface area contributed by atoms with Gasteiger partial charge in [0, 0.05) is 25.7 Å². The van der Waals surface area contributed by atoms with Gasteiger partial charge in [0.2, 0.25) is 15.9 Å². The lowest BCUT2D eigenvalue weighted by atomic mass is 9.69. The van der Waals surface area contributed by atoms with Gasteiger partial charge in [-0.2, -0.15) is 4.31 Å². The van der Waals surface area contributed by atoms with Gasteiger partial charge in [-0.3, -0.25) is 4.79 Å². The maximum Gasteiger partial charge on any atom is 0.248 e. The van der Waals surface area contributed by atoms with Crippen LogP contribution in [0.2, 0.25) is 5.02 Å². The third-order valence-corrected chi connectivity index (χ3v) is 12.9. The van der Waals surface area contributed by atoms with Gasteiger partial charge in [-0.1, -0.05) is 48.0 Å². The Morgan fingerprint density at radius 2 is 1.75 bits per heavy atom. The Hall–Kier alpha value is -1.97. The van der Waals surface area contributed by atoms with Crippen molar-refractivity contribution in [2.45, 2.75) is 93.4 Å². The highest BCUT2D eigenvalue weighted by Crippen LogP contribution is 2.44. The number of hydrogen-bond donors (Lipinski definition) is 0. The summed E-state index contributed by atoms with van der Waals surface area (Å²) < 4.78 is 34.4. The summed E-state index contributed by atoms with van der Waals surface area (Å²) in [5, 5.41) is 0.239. The van der Waals surface area contributed by atoms with E-state index < -0.39 is 10.0 Å². The highest BCUT2D eigenvalue weighted by Gasteiger charge is 2.40. The number of benzene rings is 2. The summed E-state index contributed by atoms with van der Waals surface area (Å²) in [5.41, 5.74) is 3.69. The first-order chi connectivity index (χ1) is 21.3. The molecule has 2 saturated carbocycles. The highest BCUT2D eigenvalue weighted by molar-refractivity contribution is 7.89. The lowest BCUT2D eigenvalue weighted by Gasteiger charge is -2.43. The summed E-state index contributed by atoms with van der Waals surface area (Å²) in [6.07, 6.45) is 11.2. The molecule has 0 N–H and O–H groups in total. The van der Waals surface area contributed by atoms with Gasteiger partial charge in [-0.05, 0) is 125 Å². The van der Waals surface area contributed by atoms with Gasteiger partial charge in [0.1, 0.15) is 11.5 Å². The third-order valence-electron chi connectivity index (χ3n) is 10.3. The highest BCUT2D eigenvalue weighted by atomic mass is 35.5. The fourth-order valence-electron chi connectivity index (χ4n) is 7.38. The number of amides is 1. The van der Waals surface area contributed by atoms with Crippen molar-refractivity contribution in [3.05, 3.63) is 64.2 Å². The smallest absolute Gasteiger partial charge is 0.248 e. The number of likely N-dealkylation sites (tertiary alicyclic amines) is 2. The minimum Gasteiger partial charge on any atom is -0.370 e. The SMILES string of the molecule is Cc1cccc(Cl)c1S(=O)(=O)N(CCOCC(=O)N1CCC(CCCN2CCCC2)(c2cccc(C3CC3)c2)CC1)C1CC1. The molecule has 7 nitrogen and oxygen atoms in total. The second-order valence-corrected chi connectivity index (χ2v) is 15.7. The minimum absolute atomic E-state index is 0.00910. The van der Waals surface area contributed by atoms with Crippen molar-refractivity contribution in [1.29, 1.82) is 0 Å². The molecule has 9 heteroatoms. The molecular weight excluding hydrogens is 594 g/mol. The van der Waals surface area contributed by atoms with Crippen molar-refractivity contribution >= 4 is 27.5 Å². The number of nitrogens with zero attached hydrogens (tertiary/aromatic N) is 3. The molecule has 0 unspecified atom stereocenters. The molecule has 4 fully saturated rings. The lowest BCUT2D eigenvalue weighted by Crippen LogP contribution is -2.46. The summed E-state index contributed by atoms with van der Waals surface area (Å²) in [6, 6.07) is 14.4. The Morgan fingerprint density at radius 3 is 2.43 bits per heavy atom. The first kappa shape index (κ1) is 32.0. The minimum atomic E-state index is -3.75. The van der Waals surface area contributed by atoms with Crippen LogP contribution >= 0.6 is 11.6 Å². The number of piperidine rings is 1. The van der Waals surface area contributed by atoms with E-state index in [1.807, 2.05) is 4.90 Å². The molecule has 6 rings (SSSR count). The van der Waals surface area contributed by atoms with Gasteiger partial charge in [0.25, 0.3) is 0 Å². The molecule has 2 aliphatic carbocycles. The maximum absolute atomic E-state index is 13.5. The van der Waals surface area contributed by atoms with Gasteiger partial charge in [-0.15, -0.1) is 0 Å². The number of hydrogen-bond acceptors (Lipinski definition) is 5. The molecule has 0 aromatic heterocycles. The monoisotopic (exact) mass is 641 g/mol. The van der Waals surface area contributed by atoms with Crippen LogP contribution < -0.4 is 0 Å². The summed E-state index contributed by atoms with van der Waals surface area (Å²) in [7, 11) is -3.75. The van der Waals surface area contributed by atoms with E-state index in [0.717, 1.165) is 51.1 Å². The van der Waals surface area contributed by atoms with Crippen LogP contribution in [0.5, 0.6) is 0 Å². The summed E-state index contributed by atoms with van der Waals surface area (Å²) in [4.78, 5) is 18.0. The number of halogens is 1. The van der Waals surface area contributed by atoms with Gasteiger partial charge in [-0.25, -0.2) is 8.42 Å². The molecule has 0 bridgehead atoms. The number of carbonyl (C=O) groups excluding carboxylic acids is 1. The molecule has 0 spiro atoms. The second-order valence-electron chi connectivity index (χ2n) is 13.5. The molecule has 2 aromatic carbocycles. The van der Waals surface area contributed by atoms with Crippen LogP contribution in [0.4, 0.5) is 0 Å². The molecule has 1 amide bonds. The zero-order chi connectivity index (χ0) is 30.7. The number of aryl methyl sites for hydroxylation is 1. The zero-order valence-corrected chi connectivity index (χ0v) is 27.8. The normalized spacial score (nSPS) is 20.8. The van der Waals surface area contributed by atoms with Crippen LogP contribution in [0.3, 0.4) is 0 Å². The van der Waals surface area contributed by atoms with E-state index in [0.29, 0.717) is 5.56 Å². The van der Waals surface area contributed by atoms with E-state index >= 15 is 0 Å². The van der Waals surface area contributed by atoms with Crippen LogP contribution in [0.15, 0.2) is 47.4 Å². The number of carbonyl (C=O) groups is 1. The molecule has 2 aliphatic heterocycles. The molecule has 2 saturated heterocycles. The molecule has 240 valence electrons. The Kier molecular flexibility index (Phi) is 10.0. The van der Waals surface area contributed by atoms with Gasteiger partial charge in [0.15, 0.2) is 0 Å². The number of ether oxygens (including phenoxy) is 1. The van der Waals surface area contributed by atoms with Crippen LogP contribution in [-0.2, 0) is 25.0 Å². The van der Waals surface area contributed by atoms with E-state index in [1.54, 1.807) is 25.1 Å². The van der Waals surface area contributed by atoms with E-state index in [9.17, 15) is 13.2 Å². The lowest BCUT2D eigenvalue weighted by molar-refractivity contribution is -0.137. The van der Waals surface area contributed by atoms with Gasteiger partial charge >= 0.3 is 0 Å². The van der Waals surface area contributed by atoms with E-state index in [4.69, 9.17) is 16.3 Å². The van der Waals surface area contributed by atoms with Crippen molar-refractivity contribution in [1.82, 2.24) is 14.1 Å². The fraction of sp³-hybridized carbons (Fsp3) is 0.629. The molecule has 0 atom stereocenters. The average Bonchev–Trinajstić information content (AvgIpc) is 3.96. The Labute approximate surface area is 268 Å². The molecule has 2 heterocycles. The number of sulfonamides is 1. The first-order valence-corrected chi connectivity index (χ1v) is 18.5. The van der Waals surface area contributed by atoms with Crippen molar-refractivity contribution in [2.75, 3.05) is 52.5 Å². The first-order valence-electron chi connectivity index (χ1n) is 16.7. The van der Waals surface area contributed by atoms with E-state index in [-0.39, 0.29) is 47.0 Å². The molecule has 44 heavy (non-hydrogen) atoms. The quantitative estimate of drug-likeness (QED) is 0.232. The number of rotatable bonds is 14. The molecule has 4 aliphatic rings. The van der Waals surface area contributed by atoms with Gasteiger partial charge in [0.05, 0.1) is 11.6 Å². The largest absolute Gasteiger partial charge is 0.370 e. The van der Waals surface area contributed by atoms with Crippen molar-refractivity contribution in [3.63, 3.8) is 0 Å². The van der Waals surface area contributed by atoms with Crippen LogP contribution in [0.25, 0.3) is 0 Å². The summed E-state index contributed by atoms with van der Waals surface area (Å²) in [5.74, 6) is 0.722. The van der Waals surface area contributed by atoms with Crippen LogP contribution in [-0.4, -0.2) is 87.0 Å². The topological polar surface area (TPSA) is 70.2 Å². The average molecular weight is 642 g/mol. The van der Waals surface area contributed by atoms with E-state index in [2.05, 4.69) is 29.2 Å². The summed E-state index contributed by atoms with van der Waals surface area (Å²) in [6.45, 7) is 7.22. The second kappa shape index (κ2) is 13.8. The van der Waals surface area contributed by atoms with Crippen molar-refractivity contribution in [3.8, 4) is 0 Å². The Morgan fingerprint density at radius 1 is 1.02 bits per heavy atom. The Balaban J connectivity index is 1.03. The van der Waals surface area contributed by atoms with Crippen LogP contribution in [0, 0.1) is 6.92 Å². The summed E-state index contributed by atoms with van der Waals surface area (Å²) >= 11 is 6.32. The van der Waals surface area contributed by atoms with Crippen molar-refractivity contribution in [2.24, 2.45) is 0 Å². The predicted octanol–water partition coefficient (Wildman–Crippen LogP) is 6.13. The van der Waals surface area contributed by atoms with Gasteiger partial charge < -0.3 is 14.5 Å². The molecule has 0 radical (unpaired) electrons. The standard InChI is InChI=1S/C35H48ClN3O4S/c1-27-7-4-10-32(36)34(27)44(41,42)39(31-13-14-31)23-24-43-26-33(40)38-21-16-35(17-22-38,15-6-20-37-18-2-3-19-37)30-9-5-8-29(25-30)28-11-12-28/h4-5,7-10,25,28,31H,2-3,6,11-24,26H2,1H3. The van der Waals surface area contributed by atoms with Crippen molar-refractivity contribution < 1.29 is 17.9 Å². The Bertz CT molecular complexity index is 1390. The predicted molar refractivity (Wildman–Crippen MR) is 175 cm³/mol. The molecular formula is C35H48ClN3O4S. The zero-order valence-electron chi connectivity index (χ0n) is 26.2. The molecule has 2 aromatic rings.